The molecule has 0 spiro atoms. The van der Waals surface area contributed by atoms with Crippen molar-refractivity contribution in [3.63, 3.8) is 0 Å². The van der Waals surface area contributed by atoms with Gasteiger partial charge in [0, 0.05) is 7.05 Å². The van der Waals surface area contributed by atoms with Gasteiger partial charge in [-0.05, 0) is 22.9 Å². The zero-order valence-electron chi connectivity index (χ0n) is 10.6. The number of thiazole rings is 1. The van der Waals surface area contributed by atoms with Crippen molar-refractivity contribution >= 4 is 52.4 Å². The Balaban J connectivity index is 2.43. The number of nitrogens with two attached hydrogens (primary N) is 1. The largest absolute Gasteiger partial charge is 0.283 e. The summed E-state index contributed by atoms with van der Waals surface area (Å²) >= 11 is 3.59. The second kappa shape index (κ2) is 5.28. The standard InChI is InChI=1S/C7H9BrN6O4S3/c1-3-6(20(9,15)16)19-7(10-3)12-21(17,18)5-4(8)11-13-14(5)2/h1-2H3,(H,10,12)(H2,9,15,16). The van der Waals surface area contributed by atoms with Gasteiger partial charge in [-0.2, -0.15) is 8.42 Å². The third-order valence-corrected chi connectivity index (χ3v) is 7.21. The van der Waals surface area contributed by atoms with Crippen LogP contribution >= 0.6 is 27.3 Å². The SMILES string of the molecule is Cc1nc(NS(=O)(=O)c2c(Br)nnn2C)sc1S(N)(=O)=O. The molecule has 0 bridgehead atoms. The summed E-state index contributed by atoms with van der Waals surface area (Å²) in [6.45, 7) is 1.41. The summed E-state index contributed by atoms with van der Waals surface area (Å²) in [4.78, 5) is 3.84. The van der Waals surface area contributed by atoms with Crippen LogP contribution in [0.2, 0.25) is 0 Å². The van der Waals surface area contributed by atoms with Crippen molar-refractivity contribution in [2.75, 3.05) is 4.72 Å². The molecule has 0 saturated carbocycles. The number of rotatable bonds is 4. The number of hydrogen-bond donors (Lipinski definition) is 2. The Labute approximate surface area is 132 Å². The average molecular weight is 417 g/mol. The lowest BCUT2D eigenvalue weighted by molar-refractivity contribution is 0.578. The van der Waals surface area contributed by atoms with Gasteiger partial charge < -0.3 is 0 Å². The number of hydrogen-bond acceptors (Lipinski definition) is 8. The van der Waals surface area contributed by atoms with Gasteiger partial charge in [-0.25, -0.2) is 23.2 Å². The van der Waals surface area contributed by atoms with E-state index in [-0.39, 0.29) is 24.7 Å². The second-order valence-electron chi connectivity index (χ2n) is 3.85. The van der Waals surface area contributed by atoms with Crippen LogP contribution < -0.4 is 9.86 Å². The van der Waals surface area contributed by atoms with Crippen molar-refractivity contribution in [3.05, 3.63) is 10.3 Å². The third kappa shape index (κ3) is 3.23. The lowest BCUT2D eigenvalue weighted by Gasteiger charge is -2.04. The molecule has 0 fully saturated rings. The second-order valence-corrected chi connectivity index (χ2v) is 8.96. The summed E-state index contributed by atoms with van der Waals surface area (Å²) in [6, 6.07) is 0. The van der Waals surface area contributed by atoms with Crippen LogP contribution in [0.5, 0.6) is 0 Å². The first-order valence-corrected chi connectivity index (χ1v) is 9.74. The van der Waals surface area contributed by atoms with Crippen molar-refractivity contribution < 1.29 is 16.8 Å². The molecule has 0 unspecified atom stereocenters. The molecule has 2 aromatic heterocycles. The molecule has 0 aliphatic heterocycles. The van der Waals surface area contributed by atoms with Crippen molar-refractivity contribution in [3.8, 4) is 0 Å². The molecule has 0 aliphatic rings. The molecule has 2 rings (SSSR count). The zero-order valence-corrected chi connectivity index (χ0v) is 14.6. The highest BCUT2D eigenvalue weighted by Gasteiger charge is 2.26. The highest BCUT2D eigenvalue weighted by molar-refractivity contribution is 9.10. The first-order chi connectivity index (χ1) is 9.52. The first-order valence-electron chi connectivity index (χ1n) is 5.10. The maximum atomic E-state index is 12.2. The summed E-state index contributed by atoms with van der Waals surface area (Å²) < 4.78 is 50.1. The molecule has 116 valence electrons. The molecule has 14 heteroatoms. The van der Waals surface area contributed by atoms with Gasteiger partial charge in [0.15, 0.2) is 13.9 Å². The number of nitrogens with zero attached hydrogens (tertiary/aromatic N) is 4. The van der Waals surface area contributed by atoms with Crippen LogP contribution in [-0.2, 0) is 27.1 Å². The molecular weight excluding hydrogens is 408 g/mol. The number of halogens is 1. The molecule has 0 aromatic carbocycles. The molecule has 0 saturated heterocycles. The van der Waals surface area contributed by atoms with Gasteiger partial charge in [0.1, 0.15) is 0 Å². The van der Waals surface area contributed by atoms with Gasteiger partial charge in [-0.3, -0.25) is 4.72 Å². The van der Waals surface area contributed by atoms with E-state index in [9.17, 15) is 16.8 Å². The van der Waals surface area contributed by atoms with Gasteiger partial charge in [0.2, 0.25) is 15.0 Å². The van der Waals surface area contributed by atoms with Crippen LogP contribution in [0.25, 0.3) is 0 Å². The molecular formula is C7H9BrN6O4S3. The Morgan fingerprint density at radius 3 is 2.38 bits per heavy atom. The Hall–Kier alpha value is -1.09. The van der Waals surface area contributed by atoms with Crippen LogP contribution in [0.3, 0.4) is 0 Å². The smallest absolute Gasteiger partial charge is 0.253 e. The predicted molar refractivity (Wildman–Crippen MR) is 77.7 cm³/mol. The number of aromatic nitrogens is 4. The molecule has 0 atom stereocenters. The minimum absolute atomic E-state index is 0.0254. The molecule has 0 aliphatic carbocycles. The maximum Gasteiger partial charge on any atom is 0.283 e. The normalized spacial score (nSPS) is 12.6. The van der Waals surface area contributed by atoms with E-state index >= 15 is 0 Å². The Morgan fingerprint density at radius 2 is 1.95 bits per heavy atom. The molecule has 2 aromatic rings. The molecule has 2 heterocycles. The molecule has 10 nitrogen and oxygen atoms in total. The maximum absolute atomic E-state index is 12.2. The third-order valence-electron chi connectivity index (χ3n) is 2.23. The summed E-state index contributed by atoms with van der Waals surface area (Å²) in [7, 11) is -6.59. The molecule has 0 radical (unpaired) electrons. The Kier molecular flexibility index (Phi) is 4.09. The quantitative estimate of drug-likeness (QED) is 0.699. The fourth-order valence-corrected chi connectivity index (χ4v) is 5.65. The van der Waals surface area contributed by atoms with E-state index in [1.807, 2.05) is 0 Å². The first kappa shape index (κ1) is 16.3. The minimum atomic E-state index is -4.03. The fourth-order valence-electron chi connectivity index (χ4n) is 1.46. The molecule has 0 amide bonds. The van der Waals surface area contributed by atoms with E-state index in [0.29, 0.717) is 11.3 Å². The highest BCUT2D eigenvalue weighted by Crippen LogP contribution is 2.28. The zero-order chi connectivity index (χ0) is 16.0. The van der Waals surface area contributed by atoms with Crippen molar-refractivity contribution in [1.29, 1.82) is 0 Å². The summed E-state index contributed by atoms with van der Waals surface area (Å²) in [5, 5.41) is 11.8. The van der Waals surface area contributed by atoms with Crippen LogP contribution in [0.4, 0.5) is 5.13 Å². The van der Waals surface area contributed by atoms with E-state index in [2.05, 4.69) is 35.9 Å². The lowest BCUT2D eigenvalue weighted by Crippen LogP contribution is -2.17. The molecule has 21 heavy (non-hydrogen) atoms. The van der Waals surface area contributed by atoms with Crippen molar-refractivity contribution in [1.82, 2.24) is 20.0 Å². The molecule has 3 N–H and O–H groups in total. The minimum Gasteiger partial charge on any atom is -0.253 e. The number of sulfonamides is 2. The Morgan fingerprint density at radius 1 is 1.33 bits per heavy atom. The Bertz CT molecular complexity index is 879. The van der Waals surface area contributed by atoms with E-state index in [0.717, 1.165) is 4.68 Å². The van der Waals surface area contributed by atoms with Crippen molar-refractivity contribution in [2.45, 2.75) is 16.2 Å². The summed E-state index contributed by atoms with van der Waals surface area (Å²) in [5.74, 6) is 0. The summed E-state index contributed by atoms with van der Waals surface area (Å²) in [6.07, 6.45) is 0. The predicted octanol–water partition coefficient (Wildman–Crippen LogP) is -0.209. The van der Waals surface area contributed by atoms with Gasteiger partial charge in [0.05, 0.1) is 5.69 Å². The van der Waals surface area contributed by atoms with Crippen LogP contribution in [-0.4, -0.2) is 36.8 Å². The topological polar surface area (TPSA) is 150 Å². The monoisotopic (exact) mass is 416 g/mol. The van der Waals surface area contributed by atoms with Gasteiger partial charge in [-0.15, -0.1) is 5.10 Å². The fraction of sp³-hybridized carbons (Fsp3) is 0.286. The summed E-state index contributed by atoms with van der Waals surface area (Å²) in [5.41, 5.74) is 0.113. The highest BCUT2D eigenvalue weighted by atomic mass is 79.9. The van der Waals surface area contributed by atoms with Crippen LogP contribution in [0.15, 0.2) is 13.8 Å². The number of primary sulfonamides is 1. The van der Waals surface area contributed by atoms with E-state index in [1.54, 1.807) is 0 Å². The van der Waals surface area contributed by atoms with Crippen molar-refractivity contribution in [2.24, 2.45) is 12.2 Å². The number of anilines is 1. The van der Waals surface area contributed by atoms with Gasteiger partial charge in [-0.1, -0.05) is 16.6 Å². The van der Waals surface area contributed by atoms with Gasteiger partial charge in [0.25, 0.3) is 10.0 Å². The lowest BCUT2D eigenvalue weighted by atomic mass is 10.6. The van der Waals surface area contributed by atoms with Crippen LogP contribution in [0, 0.1) is 6.92 Å². The van der Waals surface area contributed by atoms with E-state index < -0.39 is 20.0 Å². The number of aryl methyl sites for hydroxylation is 2. The number of nitrogens with one attached hydrogen (secondary N) is 1. The average Bonchev–Trinajstić information content (AvgIpc) is 2.81. The van der Waals surface area contributed by atoms with E-state index in [1.165, 1.54) is 14.0 Å². The van der Waals surface area contributed by atoms with Crippen LogP contribution in [0.1, 0.15) is 5.69 Å². The van der Waals surface area contributed by atoms with Gasteiger partial charge >= 0.3 is 0 Å². The van der Waals surface area contributed by atoms with E-state index in [4.69, 9.17) is 5.14 Å².